The van der Waals surface area contributed by atoms with E-state index in [0.717, 1.165) is 0 Å². The van der Waals surface area contributed by atoms with Crippen LogP contribution in [-0.4, -0.2) is 50.6 Å². The van der Waals surface area contributed by atoms with Crippen LogP contribution in [0, 0.1) is 5.82 Å². The number of amides is 1. The maximum Gasteiger partial charge on any atom is 0.254 e. The second-order valence-corrected chi connectivity index (χ2v) is 5.66. The Labute approximate surface area is 142 Å². The largest absolute Gasteiger partial charge is 0.484 e. The minimum Gasteiger partial charge on any atom is -0.484 e. The average molecular weight is 339 g/mol. The molecule has 1 aliphatic heterocycles. The summed E-state index contributed by atoms with van der Waals surface area (Å²) in [5, 5.41) is 13.8. The van der Waals surface area contributed by atoms with Crippen molar-refractivity contribution in [3.05, 3.63) is 59.9 Å². The molecular formula is C17H14FN5O2. The quantitative estimate of drug-likeness (QED) is 0.785. The van der Waals surface area contributed by atoms with E-state index in [1.807, 2.05) is 6.07 Å². The molecule has 2 heterocycles. The number of rotatable bonds is 4. The zero-order chi connectivity index (χ0) is 17.2. The Bertz CT molecular complexity index is 894. The summed E-state index contributed by atoms with van der Waals surface area (Å²) in [5.41, 5.74) is 1.10. The molecule has 4 rings (SSSR count). The van der Waals surface area contributed by atoms with E-state index in [0.29, 0.717) is 30.0 Å². The van der Waals surface area contributed by atoms with Gasteiger partial charge in [0.15, 0.2) is 11.6 Å². The molecule has 1 aromatic heterocycles. The highest BCUT2D eigenvalue weighted by Gasteiger charge is 2.34. The summed E-state index contributed by atoms with van der Waals surface area (Å²) in [6.07, 6.45) is -0.224. The van der Waals surface area contributed by atoms with E-state index in [1.165, 1.54) is 6.07 Å². The van der Waals surface area contributed by atoms with Crippen molar-refractivity contribution in [3.8, 4) is 17.1 Å². The standard InChI is InChI=1S/C17H14FN5O2/c18-14-7-3-4-8-15(14)25-11-9-23(10-11)17(24)13-6-2-1-5-12(13)16-19-21-22-20-16/h1-8,11H,9-10H2,(H,19,20,21,22). The number of benzene rings is 2. The Morgan fingerprint density at radius 2 is 1.92 bits per heavy atom. The fourth-order valence-corrected chi connectivity index (χ4v) is 2.71. The molecule has 2 aromatic carbocycles. The summed E-state index contributed by atoms with van der Waals surface area (Å²) in [7, 11) is 0. The number of likely N-dealkylation sites (tertiary alicyclic amines) is 1. The van der Waals surface area contributed by atoms with Gasteiger partial charge in [-0.15, -0.1) is 10.2 Å². The number of hydrogen-bond acceptors (Lipinski definition) is 5. The first kappa shape index (κ1) is 15.3. The zero-order valence-electron chi connectivity index (χ0n) is 13.1. The van der Waals surface area contributed by atoms with Crippen LogP contribution in [0.5, 0.6) is 5.75 Å². The Balaban J connectivity index is 1.45. The van der Waals surface area contributed by atoms with Crippen LogP contribution in [0.25, 0.3) is 11.4 Å². The molecule has 1 aliphatic rings. The number of para-hydroxylation sites is 1. The van der Waals surface area contributed by atoms with Gasteiger partial charge in [0.25, 0.3) is 5.91 Å². The maximum absolute atomic E-state index is 13.6. The van der Waals surface area contributed by atoms with Gasteiger partial charge in [0.05, 0.1) is 18.7 Å². The Morgan fingerprint density at radius 3 is 2.68 bits per heavy atom. The van der Waals surface area contributed by atoms with Gasteiger partial charge in [-0.25, -0.2) is 4.39 Å². The van der Waals surface area contributed by atoms with Gasteiger partial charge in [-0.3, -0.25) is 4.79 Å². The molecule has 0 aliphatic carbocycles. The normalized spacial score (nSPS) is 14.2. The first-order chi connectivity index (χ1) is 12.2. The molecule has 3 aromatic rings. The zero-order valence-corrected chi connectivity index (χ0v) is 13.1. The summed E-state index contributed by atoms with van der Waals surface area (Å²) in [5.74, 6) is 0.0129. The number of aromatic nitrogens is 4. The molecule has 0 radical (unpaired) electrons. The van der Waals surface area contributed by atoms with E-state index in [4.69, 9.17) is 4.74 Å². The fraction of sp³-hybridized carbons (Fsp3) is 0.176. The van der Waals surface area contributed by atoms with E-state index in [2.05, 4.69) is 20.6 Å². The molecule has 0 bridgehead atoms. The third-order valence-corrected chi connectivity index (χ3v) is 4.01. The van der Waals surface area contributed by atoms with Gasteiger partial charge in [0, 0.05) is 5.56 Å². The monoisotopic (exact) mass is 339 g/mol. The van der Waals surface area contributed by atoms with E-state index < -0.39 is 5.82 Å². The molecule has 0 atom stereocenters. The second kappa shape index (κ2) is 6.31. The molecular weight excluding hydrogens is 325 g/mol. The van der Waals surface area contributed by atoms with Crippen molar-refractivity contribution in [2.75, 3.05) is 13.1 Å². The van der Waals surface area contributed by atoms with Gasteiger partial charge in [-0.05, 0) is 23.4 Å². The van der Waals surface area contributed by atoms with E-state index in [9.17, 15) is 9.18 Å². The highest BCUT2D eigenvalue weighted by Crippen LogP contribution is 2.25. The third kappa shape index (κ3) is 2.93. The van der Waals surface area contributed by atoms with Crippen LogP contribution >= 0.6 is 0 Å². The Morgan fingerprint density at radius 1 is 1.16 bits per heavy atom. The van der Waals surface area contributed by atoms with Crippen molar-refractivity contribution < 1.29 is 13.9 Å². The lowest BCUT2D eigenvalue weighted by molar-refractivity contribution is 0.0164. The van der Waals surface area contributed by atoms with Gasteiger partial charge in [0.2, 0.25) is 5.82 Å². The van der Waals surface area contributed by atoms with E-state index in [1.54, 1.807) is 41.3 Å². The number of hydrogen-bond donors (Lipinski definition) is 1. The summed E-state index contributed by atoms with van der Waals surface area (Å²) in [6, 6.07) is 13.3. The van der Waals surface area contributed by atoms with Crippen molar-refractivity contribution in [1.29, 1.82) is 0 Å². The third-order valence-electron chi connectivity index (χ3n) is 4.01. The molecule has 1 N–H and O–H groups in total. The number of nitrogens with zero attached hydrogens (tertiary/aromatic N) is 4. The molecule has 25 heavy (non-hydrogen) atoms. The number of nitrogens with one attached hydrogen (secondary N) is 1. The number of ether oxygens (including phenoxy) is 1. The number of H-pyrrole nitrogens is 1. The van der Waals surface area contributed by atoms with Crippen LogP contribution in [0.15, 0.2) is 48.5 Å². The minimum atomic E-state index is -0.408. The molecule has 0 spiro atoms. The number of carbonyl (C=O) groups excluding carboxylic acids is 1. The molecule has 0 saturated carbocycles. The average Bonchev–Trinajstić information content (AvgIpc) is 3.13. The molecule has 1 saturated heterocycles. The highest BCUT2D eigenvalue weighted by molar-refractivity contribution is 6.00. The Hall–Kier alpha value is -3.29. The molecule has 0 unspecified atom stereocenters. The summed E-state index contributed by atoms with van der Waals surface area (Å²) in [4.78, 5) is 14.4. The van der Waals surface area contributed by atoms with Gasteiger partial charge in [0.1, 0.15) is 6.10 Å². The van der Waals surface area contributed by atoms with Crippen molar-refractivity contribution in [2.24, 2.45) is 0 Å². The van der Waals surface area contributed by atoms with Crippen LogP contribution in [-0.2, 0) is 0 Å². The number of carbonyl (C=O) groups is 1. The van der Waals surface area contributed by atoms with Crippen LogP contribution in [0.4, 0.5) is 4.39 Å². The topological polar surface area (TPSA) is 84.0 Å². The van der Waals surface area contributed by atoms with Crippen molar-refractivity contribution in [2.45, 2.75) is 6.10 Å². The van der Waals surface area contributed by atoms with Crippen molar-refractivity contribution in [1.82, 2.24) is 25.5 Å². The maximum atomic E-state index is 13.6. The number of halogens is 1. The lowest BCUT2D eigenvalue weighted by Gasteiger charge is -2.39. The molecule has 126 valence electrons. The van der Waals surface area contributed by atoms with Crippen LogP contribution in [0.3, 0.4) is 0 Å². The van der Waals surface area contributed by atoms with Gasteiger partial charge >= 0.3 is 0 Å². The minimum absolute atomic E-state index is 0.145. The predicted octanol–water partition coefficient (Wildman–Crippen LogP) is 1.91. The number of aromatic amines is 1. The molecule has 1 fully saturated rings. The highest BCUT2D eigenvalue weighted by atomic mass is 19.1. The van der Waals surface area contributed by atoms with Gasteiger partial charge in [-0.2, -0.15) is 5.21 Å². The molecule has 1 amide bonds. The molecule has 7 nitrogen and oxygen atoms in total. The lowest BCUT2D eigenvalue weighted by Crippen LogP contribution is -2.56. The van der Waals surface area contributed by atoms with E-state index in [-0.39, 0.29) is 17.8 Å². The second-order valence-electron chi connectivity index (χ2n) is 5.66. The summed E-state index contributed by atoms with van der Waals surface area (Å²) in [6.45, 7) is 0.793. The van der Waals surface area contributed by atoms with Crippen LogP contribution in [0.2, 0.25) is 0 Å². The first-order valence-corrected chi connectivity index (χ1v) is 7.75. The Kier molecular flexibility index (Phi) is 3.85. The lowest BCUT2D eigenvalue weighted by atomic mass is 10.0. The summed E-state index contributed by atoms with van der Waals surface area (Å²) >= 11 is 0. The van der Waals surface area contributed by atoms with Gasteiger partial charge in [-0.1, -0.05) is 30.3 Å². The van der Waals surface area contributed by atoms with Crippen LogP contribution in [0.1, 0.15) is 10.4 Å². The first-order valence-electron chi connectivity index (χ1n) is 7.75. The molecule has 8 heteroatoms. The summed E-state index contributed by atoms with van der Waals surface area (Å²) < 4.78 is 19.2. The van der Waals surface area contributed by atoms with Crippen LogP contribution < -0.4 is 4.74 Å². The van der Waals surface area contributed by atoms with Crippen molar-refractivity contribution in [3.63, 3.8) is 0 Å². The van der Waals surface area contributed by atoms with E-state index >= 15 is 0 Å². The van der Waals surface area contributed by atoms with Gasteiger partial charge < -0.3 is 9.64 Å². The predicted molar refractivity (Wildman–Crippen MR) is 86.3 cm³/mol. The SMILES string of the molecule is O=C(c1ccccc1-c1nn[nH]n1)N1CC(Oc2ccccc2F)C1. The fourth-order valence-electron chi connectivity index (χ4n) is 2.71. The number of tetrazole rings is 1. The van der Waals surface area contributed by atoms with Crippen molar-refractivity contribution >= 4 is 5.91 Å². The smallest absolute Gasteiger partial charge is 0.254 e.